The number of carbonyl (C=O) groups excluding carboxylic acids is 1. The summed E-state index contributed by atoms with van der Waals surface area (Å²) in [7, 11) is 2.15. The first-order valence-corrected chi connectivity index (χ1v) is 14.9. The van der Waals surface area contributed by atoms with E-state index in [9.17, 15) is 9.59 Å². The number of halogens is 1. The smallest absolute Gasteiger partial charge is 0.256 e. The molecule has 4 heterocycles. The van der Waals surface area contributed by atoms with Crippen LogP contribution in [0.25, 0.3) is 16.6 Å². The predicted octanol–water partition coefficient (Wildman–Crippen LogP) is 2.74. The molecule has 0 bridgehead atoms. The number of morpholine rings is 1. The Kier molecular flexibility index (Phi) is 8.71. The van der Waals surface area contributed by atoms with Crippen LogP contribution in [0.15, 0.2) is 41.3 Å². The number of hydrogen-bond donors (Lipinski definition) is 2. The van der Waals surface area contributed by atoms with Crippen molar-refractivity contribution in [1.82, 2.24) is 24.6 Å². The Morgan fingerprint density at radius 3 is 2.67 bits per heavy atom. The molecule has 3 aromatic rings. The first-order chi connectivity index (χ1) is 20.5. The molecule has 11 heteroatoms. The standard InChI is InChI=1S/C31H39FN6O4/c1-35-10-5-12-36(15-14-35)11-4-8-33-27-24(32)20-22-28-30(27)42-26-7-3-2-6-25(26)38(28)21-23(29(22)39)31(40)34-9-13-37-16-18-41-19-17-37/h2-3,6-7,20-21,33H,4-5,8-19H2,1H3,(H,34,40). The van der Waals surface area contributed by atoms with Gasteiger partial charge in [-0.05, 0) is 57.7 Å². The Hall–Kier alpha value is -3.51. The quantitative estimate of drug-likeness (QED) is 0.293. The summed E-state index contributed by atoms with van der Waals surface area (Å²) in [5, 5.41) is 6.23. The van der Waals surface area contributed by atoms with E-state index in [0.717, 1.165) is 58.7 Å². The topological polar surface area (TPSA) is 91.3 Å². The molecule has 42 heavy (non-hydrogen) atoms. The number of aromatic nitrogens is 1. The molecule has 2 fully saturated rings. The molecule has 0 saturated carbocycles. The molecular formula is C31H39FN6O4. The molecule has 0 spiro atoms. The monoisotopic (exact) mass is 578 g/mol. The van der Waals surface area contributed by atoms with Gasteiger partial charge >= 0.3 is 0 Å². The van der Waals surface area contributed by atoms with Crippen molar-refractivity contribution in [1.29, 1.82) is 0 Å². The number of benzene rings is 2. The molecule has 3 aliphatic heterocycles. The van der Waals surface area contributed by atoms with Gasteiger partial charge in [-0.2, -0.15) is 0 Å². The van der Waals surface area contributed by atoms with Gasteiger partial charge in [0.05, 0.1) is 24.3 Å². The second-order valence-electron chi connectivity index (χ2n) is 11.3. The zero-order valence-corrected chi connectivity index (χ0v) is 24.2. The van der Waals surface area contributed by atoms with E-state index in [2.05, 4.69) is 32.4 Å². The van der Waals surface area contributed by atoms with Gasteiger partial charge in [0.1, 0.15) is 16.8 Å². The number of nitrogens with zero attached hydrogens (tertiary/aromatic N) is 4. The molecule has 3 aliphatic rings. The number of rotatable bonds is 9. The lowest BCUT2D eigenvalue weighted by atomic mass is 10.1. The fraction of sp³-hybridized carbons (Fsp3) is 0.484. The molecule has 0 atom stereocenters. The molecule has 6 rings (SSSR count). The van der Waals surface area contributed by atoms with Gasteiger partial charge in [0.25, 0.3) is 5.91 Å². The third-order valence-corrected chi connectivity index (χ3v) is 8.36. The van der Waals surface area contributed by atoms with Crippen LogP contribution >= 0.6 is 0 Å². The third-order valence-electron chi connectivity index (χ3n) is 8.36. The largest absolute Gasteiger partial charge is 0.451 e. The first-order valence-electron chi connectivity index (χ1n) is 14.9. The molecule has 0 radical (unpaired) electrons. The number of likely N-dealkylation sites (N-methyl/N-ethyl adjacent to an activating group) is 1. The van der Waals surface area contributed by atoms with Crippen molar-refractivity contribution >= 4 is 22.5 Å². The highest BCUT2D eigenvalue weighted by molar-refractivity contribution is 6.01. The second kappa shape index (κ2) is 12.8. The van der Waals surface area contributed by atoms with Gasteiger partial charge in [-0.25, -0.2) is 4.39 Å². The summed E-state index contributed by atoms with van der Waals surface area (Å²) >= 11 is 0. The zero-order chi connectivity index (χ0) is 29.1. The van der Waals surface area contributed by atoms with E-state index in [1.807, 2.05) is 18.2 Å². The summed E-state index contributed by atoms with van der Waals surface area (Å²) in [5.41, 5.74) is 0.800. The normalized spacial score (nSPS) is 17.9. The lowest BCUT2D eigenvalue weighted by Crippen LogP contribution is -2.42. The number of amides is 1. The maximum absolute atomic E-state index is 15.7. The lowest BCUT2D eigenvalue weighted by Gasteiger charge is -2.27. The maximum atomic E-state index is 15.7. The van der Waals surface area contributed by atoms with Crippen molar-refractivity contribution in [2.24, 2.45) is 0 Å². The van der Waals surface area contributed by atoms with Gasteiger partial charge in [-0.3, -0.25) is 14.5 Å². The number of pyridine rings is 1. The van der Waals surface area contributed by atoms with Gasteiger partial charge in [0.2, 0.25) is 5.43 Å². The van der Waals surface area contributed by atoms with Crippen molar-refractivity contribution in [2.45, 2.75) is 12.8 Å². The van der Waals surface area contributed by atoms with Crippen molar-refractivity contribution in [3.8, 4) is 17.2 Å². The molecular weight excluding hydrogens is 539 g/mol. The van der Waals surface area contributed by atoms with Crippen LogP contribution in [0, 0.1) is 5.82 Å². The Bertz CT molecular complexity index is 1510. The van der Waals surface area contributed by atoms with Crippen LogP contribution < -0.4 is 20.8 Å². The van der Waals surface area contributed by atoms with Crippen molar-refractivity contribution in [3.05, 3.63) is 58.1 Å². The first kappa shape index (κ1) is 28.6. The van der Waals surface area contributed by atoms with Crippen LogP contribution in [0.1, 0.15) is 23.2 Å². The molecule has 0 aliphatic carbocycles. The Balaban J connectivity index is 1.25. The molecule has 0 unspecified atom stereocenters. The number of ether oxygens (including phenoxy) is 2. The molecule has 2 aromatic carbocycles. The number of fused-ring (bicyclic) bond motifs is 2. The van der Waals surface area contributed by atoms with E-state index in [-0.39, 0.29) is 22.4 Å². The van der Waals surface area contributed by atoms with Crippen LogP contribution in [0.2, 0.25) is 0 Å². The van der Waals surface area contributed by atoms with Crippen LogP contribution in [-0.4, -0.2) is 111 Å². The molecule has 2 saturated heterocycles. The summed E-state index contributed by atoms with van der Waals surface area (Å²) in [6, 6.07) is 8.59. The van der Waals surface area contributed by atoms with E-state index in [0.29, 0.717) is 49.8 Å². The van der Waals surface area contributed by atoms with Gasteiger partial charge in [-0.1, -0.05) is 12.1 Å². The number of hydrogen-bond acceptors (Lipinski definition) is 8. The maximum Gasteiger partial charge on any atom is 0.256 e. The number of nitrogens with one attached hydrogen (secondary N) is 2. The van der Waals surface area contributed by atoms with Crippen LogP contribution in [0.3, 0.4) is 0 Å². The van der Waals surface area contributed by atoms with E-state index in [4.69, 9.17) is 9.47 Å². The fourth-order valence-corrected chi connectivity index (χ4v) is 5.98. The SMILES string of the molecule is CN1CCCN(CCCNc2c(F)cc3c(=O)c(C(=O)NCCN4CCOCC4)cn4c3c2Oc2ccccc2-4)CC1. The molecule has 1 aromatic heterocycles. The summed E-state index contributed by atoms with van der Waals surface area (Å²) in [6.45, 7) is 9.75. The highest BCUT2D eigenvalue weighted by Gasteiger charge is 2.28. The Labute approximate surface area is 245 Å². The third kappa shape index (κ3) is 6.00. The van der Waals surface area contributed by atoms with Gasteiger partial charge in [0.15, 0.2) is 17.3 Å². The van der Waals surface area contributed by atoms with Crippen LogP contribution in [-0.2, 0) is 4.74 Å². The molecule has 224 valence electrons. The number of carbonyl (C=O) groups is 1. The second-order valence-corrected chi connectivity index (χ2v) is 11.3. The predicted molar refractivity (Wildman–Crippen MR) is 161 cm³/mol. The minimum atomic E-state index is -0.582. The van der Waals surface area contributed by atoms with Gasteiger partial charge in [0, 0.05) is 52.0 Å². The Morgan fingerprint density at radius 2 is 1.81 bits per heavy atom. The van der Waals surface area contributed by atoms with E-state index in [1.54, 1.807) is 16.8 Å². The molecule has 1 amide bonds. The van der Waals surface area contributed by atoms with E-state index < -0.39 is 17.2 Å². The zero-order valence-electron chi connectivity index (χ0n) is 24.2. The lowest BCUT2D eigenvalue weighted by molar-refractivity contribution is 0.0383. The van der Waals surface area contributed by atoms with Crippen LogP contribution in [0.5, 0.6) is 11.5 Å². The van der Waals surface area contributed by atoms with Crippen molar-refractivity contribution in [2.75, 3.05) is 91.0 Å². The number of anilines is 1. The summed E-state index contributed by atoms with van der Waals surface area (Å²) < 4.78 is 29.1. The van der Waals surface area contributed by atoms with Crippen molar-refractivity contribution < 1.29 is 18.7 Å². The summed E-state index contributed by atoms with van der Waals surface area (Å²) in [6.07, 6.45) is 3.54. The average Bonchev–Trinajstić information content (AvgIpc) is 3.21. The highest BCUT2D eigenvalue weighted by atomic mass is 19.1. The minimum Gasteiger partial charge on any atom is -0.451 e. The Morgan fingerprint density at radius 1 is 1.00 bits per heavy atom. The highest BCUT2D eigenvalue weighted by Crippen LogP contribution is 2.45. The minimum absolute atomic E-state index is 0.0321. The van der Waals surface area contributed by atoms with Crippen molar-refractivity contribution in [3.63, 3.8) is 0 Å². The number of para-hydroxylation sites is 2. The van der Waals surface area contributed by atoms with Crippen LogP contribution in [0.4, 0.5) is 10.1 Å². The molecule has 10 nitrogen and oxygen atoms in total. The van der Waals surface area contributed by atoms with Gasteiger partial charge in [-0.15, -0.1) is 0 Å². The molecule has 2 N–H and O–H groups in total. The summed E-state index contributed by atoms with van der Waals surface area (Å²) in [4.78, 5) is 33.8. The average molecular weight is 579 g/mol. The van der Waals surface area contributed by atoms with E-state index in [1.165, 1.54) is 6.07 Å². The van der Waals surface area contributed by atoms with Gasteiger partial charge < -0.3 is 34.5 Å². The fourth-order valence-electron chi connectivity index (χ4n) is 5.98. The summed E-state index contributed by atoms with van der Waals surface area (Å²) in [5.74, 6) is -0.277. The van der Waals surface area contributed by atoms with E-state index >= 15 is 4.39 Å².